The molecular formula is C22H38N2O4. The molecule has 2 atom stereocenters. The molecule has 2 aliphatic carbocycles. The Morgan fingerprint density at radius 2 is 1.11 bits per heavy atom. The molecule has 2 N–H and O–H groups in total. The maximum absolute atomic E-state index is 13.0. The molecule has 0 aromatic heterocycles. The Hall–Kier alpha value is -1.14. The Kier molecular flexibility index (Phi) is 6.70. The molecule has 0 unspecified atom stereocenters. The van der Waals surface area contributed by atoms with E-state index in [0.717, 1.165) is 51.4 Å². The van der Waals surface area contributed by atoms with Crippen molar-refractivity contribution in [1.29, 1.82) is 0 Å². The molecule has 0 aromatic carbocycles. The monoisotopic (exact) mass is 394 g/mol. The molecule has 0 spiro atoms. The molecule has 28 heavy (non-hydrogen) atoms. The van der Waals surface area contributed by atoms with Crippen LogP contribution in [-0.4, -0.2) is 41.9 Å². The fraction of sp³-hybridized carbons (Fsp3) is 0.909. The van der Waals surface area contributed by atoms with E-state index in [0.29, 0.717) is 0 Å². The molecule has 2 amide bonds. The van der Waals surface area contributed by atoms with Gasteiger partial charge in [0.15, 0.2) is 18.0 Å². The highest BCUT2D eigenvalue weighted by atomic mass is 16.8. The SMILES string of the molecule is CC(C)(C)C1(C)O[C@H](C(=O)NC2CCCCC2)[C@@H](C(=O)NC2CCCCC2)O1. The van der Waals surface area contributed by atoms with Gasteiger partial charge in [0, 0.05) is 17.5 Å². The number of rotatable bonds is 4. The van der Waals surface area contributed by atoms with Crippen molar-refractivity contribution in [2.45, 2.75) is 122 Å². The lowest BCUT2D eigenvalue weighted by atomic mass is 9.87. The van der Waals surface area contributed by atoms with Crippen LogP contribution in [0.3, 0.4) is 0 Å². The van der Waals surface area contributed by atoms with E-state index in [-0.39, 0.29) is 29.3 Å². The van der Waals surface area contributed by atoms with Gasteiger partial charge in [-0.2, -0.15) is 0 Å². The smallest absolute Gasteiger partial charge is 0.252 e. The molecule has 1 heterocycles. The first kappa shape index (κ1) is 21.6. The maximum Gasteiger partial charge on any atom is 0.252 e. The van der Waals surface area contributed by atoms with Gasteiger partial charge in [-0.3, -0.25) is 9.59 Å². The van der Waals surface area contributed by atoms with E-state index in [1.165, 1.54) is 12.8 Å². The average Bonchev–Trinajstić information content (AvgIpc) is 3.03. The van der Waals surface area contributed by atoms with Crippen molar-refractivity contribution in [2.24, 2.45) is 5.41 Å². The second-order valence-corrected chi connectivity index (χ2v) is 9.96. The van der Waals surface area contributed by atoms with Gasteiger partial charge in [0.25, 0.3) is 11.8 Å². The van der Waals surface area contributed by atoms with Crippen LogP contribution in [0.25, 0.3) is 0 Å². The minimum Gasteiger partial charge on any atom is -0.351 e. The predicted octanol–water partition coefficient (Wildman–Crippen LogP) is 3.43. The van der Waals surface area contributed by atoms with E-state index in [1.54, 1.807) is 0 Å². The van der Waals surface area contributed by atoms with E-state index in [4.69, 9.17) is 9.47 Å². The van der Waals surface area contributed by atoms with E-state index < -0.39 is 18.0 Å². The summed E-state index contributed by atoms with van der Waals surface area (Å²) in [6, 6.07) is 0.349. The third-order valence-electron chi connectivity index (χ3n) is 6.76. The second kappa shape index (κ2) is 8.70. The Balaban J connectivity index is 1.71. The summed E-state index contributed by atoms with van der Waals surface area (Å²) in [5.74, 6) is -1.43. The largest absolute Gasteiger partial charge is 0.351 e. The Morgan fingerprint density at radius 3 is 1.43 bits per heavy atom. The highest BCUT2D eigenvalue weighted by Crippen LogP contribution is 2.42. The molecule has 0 aromatic rings. The molecule has 6 heteroatoms. The average molecular weight is 395 g/mol. The van der Waals surface area contributed by atoms with Crippen LogP contribution in [0, 0.1) is 5.41 Å². The molecule has 3 rings (SSSR count). The first-order chi connectivity index (χ1) is 13.2. The molecule has 1 aliphatic heterocycles. The second-order valence-electron chi connectivity index (χ2n) is 9.96. The first-order valence-corrected chi connectivity index (χ1v) is 11.2. The van der Waals surface area contributed by atoms with Crippen molar-refractivity contribution in [3.63, 3.8) is 0 Å². The number of amides is 2. The summed E-state index contributed by atoms with van der Waals surface area (Å²) >= 11 is 0. The van der Waals surface area contributed by atoms with Crippen LogP contribution >= 0.6 is 0 Å². The molecule has 6 nitrogen and oxygen atoms in total. The van der Waals surface area contributed by atoms with Crippen LogP contribution in [0.1, 0.15) is 91.9 Å². The van der Waals surface area contributed by atoms with Crippen molar-refractivity contribution in [3.05, 3.63) is 0 Å². The highest BCUT2D eigenvalue weighted by molar-refractivity contribution is 5.91. The lowest BCUT2D eigenvalue weighted by Crippen LogP contribution is -2.52. The summed E-state index contributed by atoms with van der Waals surface area (Å²) in [6.07, 6.45) is 9.16. The van der Waals surface area contributed by atoms with Gasteiger partial charge < -0.3 is 20.1 Å². The van der Waals surface area contributed by atoms with Crippen LogP contribution in [0.2, 0.25) is 0 Å². The topological polar surface area (TPSA) is 76.7 Å². The fourth-order valence-corrected chi connectivity index (χ4v) is 4.43. The minimum absolute atomic E-state index is 0.174. The quantitative estimate of drug-likeness (QED) is 0.766. The van der Waals surface area contributed by atoms with Crippen molar-refractivity contribution < 1.29 is 19.1 Å². The zero-order chi connectivity index (χ0) is 20.4. The molecular weight excluding hydrogens is 356 g/mol. The summed E-state index contributed by atoms with van der Waals surface area (Å²) in [5, 5.41) is 6.23. The van der Waals surface area contributed by atoms with E-state index in [2.05, 4.69) is 10.6 Å². The molecule has 160 valence electrons. The lowest BCUT2D eigenvalue weighted by molar-refractivity contribution is -0.223. The maximum atomic E-state index is 13.0. The van der Waals surface area contributed by atoms with E-state index in [1.807, 2.05) is 27.7 Å². The molecule has 3 aliphatic rings. The van der Waals surface area contributed by atoms with Crippen LogP contribution in [0.5, 0.6) is 0 Å². The van der Waals surface area contributed by atoms with Gasteiger partial charge in [-0.25, -0.2) is 0 Å². The third kappa shape index (κ3) is 4.88. The molecule has 0 radical (unpaired) electrons. The third-order valence-corrected chi connectivity index (χ3v) is 6.76. The fourth-order valence-electron chi connectivity index (χ4n) is 4.43. The lowest BCUT2D eigenvalue weighted by Gasteiger charge is -2.36. The summed E-state index contributed by atoms with van der Waals surface area (Å²) < 4.78 is 12.3. The summed E-state index contributed by atoms with van der Waals surface area (Å²) in [5.41, 5.74) is -0.365. The van der Waals surface area contributed by atoms with Gasteiger partial charge in [-0.1, -0.05) is 59.3 Å². The summed E-state index contributed by atoms with van der Waals surface area (Å²) in [6.45, 7) is 7.85. The van der Waals surface area contributed by atoms with Crippen molar-refractivity contribution in [3.8, 4) is 0 Å². The van der Waals surface area contributed by atoms with Crippen molar-refractivity contribution >= 4 is 11.8 Å². The molecule has 2 saturated carbocycles. The van der Waals surface area contributed by atoms with E-state index >= 15 is 0 Å². The summed E-state index contributed by atoms with van der Waals surface area (Å²) in [7, 11) is 0. The number of hydrogen-bond donors (Lipinski definition) is 2. The van der Waals surface area contributed by atoms with E-state index in [9.17, 15) is 9.59 Å². The standard InChI is InChI=1S/C22H38N2O4/c1-21(2,3)22(4)27-17(19(25)23-15-11-7-5-8-12-15)18(28-22)20(26)24-16-13-9-6-10-14-16/h15-18H,5-14H2,1-4H3,(H,23,25)(H,24,26)/t17-,18-/m0/s1. The number of carbonyl (C=O) groups is 2. The zero-order valence-corrected chi connectivity index (χ0v) is 18.0. The Morgan fingerprint density at radius 1 is 0.750 bits per heavy atom. The van der Waals surface area contributed by atoms with Crippen LogP contribution < -0.4 is 10.6 Å². The zero-order valence-electron chi connectivity index (χ0n) is 18.0. The molecule has 3 fully saturated rings. The first-order valence-electron chi connectivity index (χ1n) is 11.2. The predicted molar refractivity (Wildman–Crippen MR) is 108 cm³/mol. The Labute approximate surface area is 169 Å². The number of carbonyl (C=O) groups excluding carboxylic acids is 2. The summed E-state index contributed by atoms with van der Waals surface area (Å²) in [4.78, 5) is 26.1. The minimum atomic E-state index is -0.990. The van der Waals surface area contributed by atoms with Crippen LogP contribution in [-0.2, 0) is 19.1 Å². The van der Waals surface area contributed by atoms with Crippen molar-refractivity contribution in [1.82, 2.24) is 10.6 Å². The van der Waals surface area contributed by atoms with Gasteiger partial charge >= 0.3 is 0 Å². The van der Waals surface area contributed by atoms with Gasteiger partial charge in [0.05, 0.1) is 0 Å². The van der Waals surface area contributed by atoms with Crippen molar-refractivity contribution in [2.75, 3.05) is 0 Å². The molecule has 0 bridgehead atoms. The van der Waals surface area contributed by atoms with Gasteiger partial charge in [-0.05, 0) is 32.6 Å². The van der Waals surface area contributed by atoms with Gasteiger partial charge in [0.2, 0.25) is 0 Å². The van der Waals surface area contributed by atoms with Crippen LogP contribution in [0.4, 0.5) is 0 Å². The normalized spacial score (nSPS) is 29.4. The van der Waals surface area contributed by atoms with Gasteiger partial charge in [-0.15, -0.1) is 0 Å². The highest BCUT2D eigenvalue weighted by Gasteiger charge is 2.56. The number of hydrogen-bond acceptors (Lipinski definition) is 4. The Bertz CT molecular complexity index is 519. The number of ether oxygens (including phenoxy) is 2. The van der Waals surface area contributed by atoms with Gasteiger partial charge in [0.1, 0.15) is 0 Å². The number of nitrogens with one attached hydrogen (secondary N) is 2. The molecule has 1 saturated heterocycles. The van der Waals surface area contributed by atoms with Crippen LogP contribution in [0.15, 0.2) is 0 Å².